The Morgan fingerprint density at radius 3 is 2.90 bits per heavy atom. The summed E-state index contributed by atoms with van der Waals surface area (Å²) in [5.74, 6) is 0.409. The summed E-state index contributed by atoms with van der Waals surface area (Å²) in [5, 5.41) is 3.30. The van der Waals surface area contributed by atoms with Crippen molar-refractivity contribution in [1.82, 2.24) is 29.4 Å². The predicted octanol–water partition coefficient (Wildman–Crippen LogP) is 2.09. The third-order valence-corrected chi connectivity index (χ3v) is 6.53. The number of carbonyl (C=O) groups is 1. The second-order valence-corrected chi connectivity index (χ2v) is 8.60. The van der Waals surface area contributed by atoms with E-state index in [4.69, 9.17) is 4.98 Å². The molecule has 5 rings (SSSR count). The minimum atomic E-state index is -0.0111. The Morgan fingerprint density at radius 2 is 2.10 bits per heavy atom. The van der Waals surface area contributed by atoms with Gasteiger partial charge in [-0.05, 0) is 30.5 Å². The highest BCUT2D eigenvalue weighted by atomic mass is 16.2. The number of H-pyrrole nitrogens is 1. The normalized spacial score (nSPS) is 19.5. The predicted molar refractivity (Wildman–Crippen MR) is 117 cm³/mol. The minimum absolute atomic E-state index is 0.0111. The van der Waals surface area contributed by atoms with Gasteiger partial charge in [0.2, 0.25) is 5.91 Å². The van der Waals surface area contributed by atoms with Crippen LogP contribution in [0.1, 0.15) is 54.6 Å². The molecule has 0 spiro atoms. The lowest BCUT2D eigenvalue weighted by Gasteiger charge is -2.32. The van der Waals surface area contributed by atoms with Crippen LogP contribution in [0, 0.1) is 0 Å². The zero-order chi connectivity index (χ0) is 21.4. The van der Waals surface area contributed by atoms with E-state index in [1.165, 1.54) is 5.56 Å². The van der Waals surface area contributed by atoms with E-state index in [1.807, 2.05) is 30.0 Å². The van der Waals surface area contributed by atoms with Gasteiger partial charge in [-0.25, -0.2) is 9.50 Å². The molecular formula is C23H28N6O2. The molecule has 31 heavy (non-hydrogen) atoms. The number of likely N-dealkylation sites (tertiary alicyclic amines) is 1. The number of nitrogens with zero attached hydrogens (tertiary/aromatic N) is 5. The van der Waals surface area contributed by atoms with Crippen LogP contribution in [0.5, 0.6) is 0 Å². The van der Waals surface area contributed by atoms with Gasteiger partial charge in [0.15, 0.2) is 5.65 Å². The molecular weight excluding hydrogens is 392 g/mol. The number of fused-ring (bicyclic) bond motifs is 2. The van der Waals surface area contributed by atoms with Crippen molar-refractivity contribution >= 4 is 11.6 Å². The summed E-state index contributed by atoms with van der Waals surface area (Å²) < 4.78 is 1.59. The lowest BCUT2D eigenvalue weighted by molar-refractivity contribution is -0.132. The second kappa shape index (κ2) is 8.26. The summed E-state index contributed by atoms with van der Waals surface area (Å²) in [6, 6.07) is 6.02. The molecule has 2 aliphatic rings. The largest absolute Gasteiger partial charge is 0.342 e. The summed E-state index contributed by atoms with van der Waals surface area (Å²) in [4.78, 5) is 38.5. The van der Waals surface area contributed by atoms with E-state index in [9.17, 15) is 9.59 Å². The van der Waals surface area contributed by atoms with Gasteiger partial charge in [-0.2, -0.15) is 0 Å². The van der Waals surface area contributed by atoms with E-state index in [2.05, 4.69) is 15.0 Å². The standard InChI is InChI=1S/C23H28N6O2/c1-2-22(30)28-10-3-4-17(14-28)20-12-21-25-19-7-11-27(13-16-5-8-24-9-6-16)15-18(19)23(31)29(21)26-20/h5-6,8-9,12,17,26H,2-4,7,10-11,13-15H2,1H3. The molecule has 1 atom stereocenters. The van der Waals surface area contributed by atoms with Crippen LogP contribution >= 0.6 is 0 Å². The first-order valence-corrected chi connectivity index (χ1v) is 11.1. The number of piperidine rings is 1. The third kappa shape index (κ3) is 3.87. The molecule has 0 saturated carbocycles. The molecule has 1 unspecified atom stereocenters. The Morgan fingerprint density at radius 1 is 1.26 bits per heavy atom. The molecule has 2 aliphatic heterocycles. The number of pyridine rings is 1. The Balaban J connectivity index is 1.40. The Hall–Kier alpha value is -3.00. The van der Waals surface area contributed by atoms with Crippen LogP contribution in [0.4, 0.5) is 0 Å². The maximum Gasteiger partial charge on any atom is 0.277 e. The number of nitrogens with one attached hydrogen (secondary N) is 1. The van der Waals surface area contributed by atoms with Crippen molar-refractivity contribution in [1.29, 1.82) is 0 Å². The monoisotopic (exact) mass is 420 g/mol. The quantitative estimate of drug-likeness (QED) is 0.699. The summed E-state index contributed by atoms with van der Waals surface area (Å²) >= 11 is 0. The molecule has 1 fully saturated rings. The lowest BCUT2D eigenvalue weighted by atomic mass is 9.94. The Kier molecular flexibility index (Phi) is 5.31. The molecule has 3 aromatic rings. The molecule has 0 bridgehead atoms. The number of aromatic amines is 1. The molecule has 5 heterocycles. The first-order chi connectivity index (χ1) is 15.1. The average molecular weight is 421 g/mol. The first-order valence-electron chi connectivity index (χ1n) is 11.1. The molecule has 1 amide bonds. The van der Waals surface area contributed by atoms with Gasteiger partial charge in [-0.3, -0.25) is 24.6 Å². The number of hydrogen-bond acceptors (Lipinski definition) is 5. The highest BCUT2D eigenvalue weighted by Crippen LogP contribution is 2.27. The van der Waals surface area contributed by atoms with Crippen molar-refractivity contribution in [2.24, 2.45) is 0 Å². The maximum atomic E-state index is 13.3. The molecule has 162 valence electrons. The minimum Gasteiger partial charge on any atom is -0.342 e. The fourth-order valence-corrected chi connectivity index (χ4v) is 4.83. The summed E-state index contributed by atoms with van der Waals surface area (Å²) in [6.45, 7) is 5.70. The van der Waals surface area contributed by atoms with Gasteiger partial charge in [0.1, 0.15) is 0 Å². The van der Waals surface area contributed by atoms with Crippen molar-refractivity contribution in [3.8, 4) is 0 Å². The van der Waals surface area contributed by atoms with Gasteiger partial charge in [0.25, 0.3) is 5.56 Å². The van der Waals surface area contributed by atoms with Crippen molar-refractivity contribution < 1.29 is 4.79 Å². The van der Waals surface area contributed by atoms with Gasteiger partial charge in [-0.15, -0.1) is 0 Å². The van der Waals surface area contributed by atoms with Crippen LogP contribution in [0.25, 0.3) is 5.65 Å². The van der Waals surface area contributed by atoms with E-state index < -0.39 is 0 Å². The van der Waals surface area contributed by atoms with Crippen LogP contribution in [-0.2, 0) is 24.3 Å². The number of rotatable bonds is 4. The van der Waals surface area contributed by atoms with E-state index in [0.29, 0.717) is 25.2 Å². The summed E-state index contributed by atoms with van der Waals surface area (Å²) in [7, 11) is 0. The number of amides is 1. The highest BCUT2D eigenvalue weighted by molar-refractivity contribution is 5.76. The fraction of sp³-hybridized carbons (Fsp3) is 0.478. The molecule has 1 N–H and O–H groups in total. The van der Waals surface area contributed by atoms with E-state index in [0.717, 1.165) is 55.8 Å². The SMILES string of the molecule is CCC(=O)N1CCCC(c2cc3nc4c(c(=O)n3[nH]2)CN(Cc2ccncc2)CC4)C1. The molecule has 0 aromatic carbocycles. The number of carbonyl (C=O) groups excluding carboxylic acids is 1. The Bertz CT molecular complexity index is 1150. The van der Waals surface area contributed by atoms with Crippen molar-refractivity contribution in [2.75, 3.05) is 19.6 Å². The zero-order valence-corrected chi connectivity index (χ0v) is 17.9. The zero-order valence-electron chi connectivity index (χ0n) is 17.9. The Labute approximate surface area is 180 Å². The van der Waals surface area contributed by atoms with Crippen LogP contribution in [0.2, 0.25) is 0 Å². The summed E-state index contributed by atoms with van der Waals surface area (Å²) in [6.07, 6.45) is 6.89. The molecule has 8 heteroatoms. The van der Waals surface area contributed by atoms with Crippen LogP contribution in [-0.4, -0.2) is 54.9 Å². The fourth-order valence-electron chi connectivity index (χ4n) is 4.83. The topological polar surface area (TPSA) is 86.6 Å². The smallest absolute Gasteiger partial charge is 0.277 e. The van der Waals surface area contributed by atoms with Crippen LogP contribution in [0.15, 0.2) is 35.4 Å². The highest BCUT2D eigenvalue weighted by Gasteiger charge is 2.27. The van der Waals surface area contributed by atoms with Gasteiger partial charge >= 0.3 is 0 Å². The van der Waals surface area contributed by atoms with E-state index in [-0.39, 0.29) is 17.4 Å². The van der Waals surface area contributed by atoms with Gasteiger partial charge in [0, 0.05) is 75.6 Å². The third-order valence-electron chi connectivity index (χ3n) is 6.53. The van der Waals surface area contributed by atoms with Gasteiger partial charge < -0.3 is 4.90 Å². The molecule has 0 aliphatic carbocycles. The van der Waals surface area contributed by atoms with Gasteiger partial charge in [0.05, 0.1) is 11.3 Å². The summed E-state index contributed by atoms with van der Waals surface area (Å²) in [5.41, 5.74) is 4.54. The van der Waals surface area contributed by atoms with Crippen molar-refractivity contribution in [3.05, 3.63) is 63.5 Å². The van der Waals surface area contributed by atoms with E-state index in [1.54, 1.807) is 16.9 Å². The average Bonchev–Trinajstić information content (AvgIpc) is 3.24. The molecule has 1 saturated heterocycles. The molecule has 3 aromatic heterocycles. The first kappa shape index (κ1) is 19.9. The van der Waals surface area contributed by atoms with Crippen molar-refractivity contribution in [2.45, 2.75) is 51.6 Å². The van der Waals surface area contributed by atoms with Crippen LogP contribution in [0.3, 0.4) is 0 Å². The maximum absolute atomic E-state index is 13.3. The molecule has 8 nitrogen and oxygen atoms in total. The second-order valence-electron chi connectivity index (χ2n) is 8.60. The number of aromatic nitrogens is 4. The number of hydrogen-bond donors (Lipinski definition) is 1. The van der Waals surface area contributed by atoms with E-state index >= 15 is 0 Å². The van der Waals surface area contributed by atoms with Crippen LogP contribution < -0.4 is 5.56 Å². The van der Waals surface area contributed by atoms with Gasteiger partial charge in [-0.1, -0.05) is 6.92 Å². The lowest BCUT2D eigenvalue weighted by Crippen LogP contribution is -2.38. The molecule has 0 radical (unpaired) electrons. The van der Waals surface area contributed by atoms with Crippen molar-refractivity contribution in [3.63, 3.8) is 0 Å².